The lowest BCUT2D eigenvalue weighted by atomic mass is 10.0. The van der Waals surface area contributed by atoms with Crippen molar-refractivity contribution in [1.82, 2.24) is 4.90 Å². The van der Waals surface area contributed by atoms with Crippen LogP contribution in [0, 0.1) is 6.92 Å². The van der Waals surface area contributed by atoms with Gasteiger partial charge in [0.25, 0.3) is 11.8 Å². The van der Waals surface area contributed by atoms with Gasteiger partial charge in [0.2, 0.25) is 0 Å². The lowest BCUT2D eigenvalue weighted by molar-refractivity contribution is -0.136. The topological polar surface area (TPSA) is 40.6 Å². The van der Waals surface area contributed by atoms with Crippen LogP contribution in [0.15, 0.2) is 54.2 Å². The summed E-state index contributed by atoms with van der Waals surface area (Å²) in [6, 6.07) is 16.0. The highest BCUT2D eigenvalue weighted by molar-refractivity contribution is 6.36. The zero-order valence-electron chi connectivity index (χ0n) is 15.9. The van der Waals surface area contributed by atoms with E-state index in [2.05, 4.69) is 13.0 Å². The minimum absolute atomic E-state index is 0.166. The maximum Gasteiger partial charge on any atom is 0.278 e. The van der Waals surface area contributed by atoms with Gasteiger partial charge >= 0.3 is 0 Å². The number of aryl methyl sites for hydroxylation is 1. The van der Waals surface area contributed by atoms with Crippen molar-refractivity contribution in [2.45, 2.75) is 33.1 Å². The molecule has 0 bridgehead atoms. The molecule has 0 aromatic heterocycles. The molecule has 27 heavy (non-hydrogen) atoms. The van der Waals surface area contributed by atoms with Crippen LogP contribution >= 0.6 is 0 Å². The molecular weight excluding hydrogens is 336 g/mol. The average Bonchev–Trinajstić information content (AvgIpc) is 3.20. The van der Waals surface area contributed by atoms with Gasteiger partial charge in [-0.3, -0.25) is 14.5 Å². The summed E-state index contributed by atoms with van der Waals surface area (Å²) in [4.78, 5) is 29.9. The Morgan fingerprint density at radius 3 is 2.44 bits per heavy atom. The third kappa shape index (κ3) is 2.95. The first-order valence-electron chi connectivity index (χ1n) is 9.64. The molecule has 2 aliphatic rings. The van der Waals surface area contributed by atoms with Crippen LogP contribution in [-0.2, 0) is 16.0 Å². The molecule has 0 radical (unpaired) electrons. The zero-order chi connectivity index (χ0) is 19.0. The molecule has 2 aromatic rings. The van der Waals surface area contributed by atoms with Crippen LogP contribution < -0.4 is 4.90 Å². The van der Waals surface area contributed by atoms with E-state index >= 15 is 0 Å². The molecule has 4 nitrogen and oxygen atoms in total. The zero-order valence-corrected chi connectivity index (χ0v) is 15.9. The van der Waals surface area contributed by atoms with Crippen molar-refractivity contribution in [3.8, 4) is 0 Å². The SMILES string of the molecule is CCCCN1C(=O)C(c2ccc(C)cc2)=C(N2CCc3ccccc32)C1=O. The molecule has 4 rings (SSSR count). The number of benzene rings is 2. The summed E-state index contributed by atoms with van der Waals surface area (Å²) < 4.78 is 0. The van der Waals surface area contributed by atoms with Gasteiger partial charge in [0.1, 0.15) is 5.70 Å². The molecule has 0 spiro atoms. The first kappa shape index (κ1) is 17.5. The minimum atomic E-state index is -0.170. The number of hydrogen-bond acceptors (Lipinski definition) is 3. The van der Waals surface area contributed by atoms with Crippen molar-refractivity contribution < 1.29 is 9.59 Å². The molecule has 0 unspecified atom stereocenters. The van der Waals surface area contributed by atoms with E-state index in [0.29, 0.717) is 17.8 Å². The third-order valence-corrected chi connectivity index (χ3v) is 5.38. The van der Waals surface area contributed by atoms with Crippen LogP contribution in [-0.4, -0.2) is 29.8 Å². The maximum atomic E-state index is 13.3. The fourth-order valence-electron chi connectivity index (χ4n) is 3.88. The van der Waals surface area contributed by atoms with Crippen molar-refractivity contribution in [1.29, 1.82) is 0 Å². The number of nitrogens with zero attached hydrogens (tertiary/aromatic N) is 2. The molecule has 0 aliphatic carbocycles. The predicted octanol–water partition coefficient (Wildman–Crippen LogP) is 3.94. The van der Waals surface area contributed by atoms with Crippen LogP contribution in [0.3, 0.4) is 0 Å². The molecule has 138 valence electrons. The second-order valence-corrected chi connectivity index (χ2v) is 7.24. The van der Waals surface area contributed by atoms with Gasteiger partial charge in [0.05, 0.1) is 5.57 Å². The van der Waals surface area contributed by atoms with Crippen LogP contribution in [0.2, 0.25) is 0 Å². The maximum absolute atomic E-state index is 13.3. The molecule has 0 saturated carbocycles. The summed E-state index contributed by atoms with van der Waals surface area (Å²) >= 11 is 0. The minimum Gasteiger partial charge on any atom is -0.336 e. The van der Waals surface area contributed by atoms with Gasteiger partial charge in [-0.2, -0.15) is 0 Å². The summed E-state index contributed by atoms with van der Waals surface area (Å²) in [6.07, 6.45) is 2.65. The second-order valence-electron chi connectivity index (χ2n) is 7.24. The Hall–Kier alpha value is -2.88. The molecule has 0 atom stereocenters. The highest BCUT2D eigenvalue weighted by atomic mass is 16.2. The number of imide groups is 1. The number of unbranched alkanes of at least 4 members (excludes halogenated alkanes) is 1. The Bertz CT molecular complexity index is 928. The normalized spacial score (nSPS) is 16.5. The summed E-state index contributed by atoms with van der Waals surface area (Å²) in [7, 11) is 0. The molecule has 2 aromatic carbocycles. The van der Waals surface area contributed by atoms with Crippen LogP contribution in [0.25, 0.3) is 5.57 Å². The van der Waals surface area contributed by atoms with Crippen LogP contribution in [0.1, 0.15) is 36.5 Å². The van der Waals surface area contributed by atoms with Gasteiger partial charge in [-0.25, -0.2) is 0 Å². The first-order chi connectivity index (χ1) is 13.1. The molecule has 0 saturated heterocycles. The number of amides is 2. The van der Waals surface area contributed by atoms with Crippen molar-refractivity contribution in [2.75, 3.05) is 18.0 Å². The standard InChI is InChI=1S/C23H24N2O2/c1-3-4-14-25-22(26)20(18-11-9-16(2)10-12-18)21(23(25)27)24-15-13-17-7-5-6-8-19(17)24/h5-12H,3-4,13-15H2,1-2H3. The monoisotopic (exact) mass is 360 g/mol. The smallest absolute Gasteiger partial charge is 0.278 e. The average molecular weight is 360 g/mol. The van der Waals surface area contributed by atoms with Crippen molar-refractivity contribution >= 4 is 23.1 Å². The second kappa shape index (κ2) is 7.03. The van der Waals surface area contributed by atoms with Crippen molar-refractivity contribution in [3.05, 3.63) is 70.9 Å². The highest BCUT2D eigenvalue weighted by Crippen LogP contribution is 2.38. The fraction of sp³-hybridized carbons (Fsp3) is 0.304. The number of hydrogen-bond donors (Lipinski definition) is 0. The molecule has 2 amide bonds. The number of para-hydroxylation sites is 1. The molecule has 2 heterocycles. The van der Waals surface area contributed by atoms with Gasteiger partial charge in [0, 0.05) is 18.8 Å². The number of anilines is 1. The first-order valence-corrected chi connectivity index (χ1v) is 9.64. The lowest BCUT2D eigenvalue weighted by Crippen LogP contribution is -2.35. The van der Waals surface area contributed by atoms with E-state index in [0.717, 1.165) is 42.6 Å². The van der Waals surface area contributed by atoms with E-state index in [9.17, 15) is 9.59 Å². The van der Waals surface area contributed by atoms with Gasteiger partial charge in [-0.15, -0.1) is 0 Å². The van der Waals surface area contributed by atoms with E-state index < -0.39 is 0 Å². The lowest BCUT2D eigenvalue weighted by Gasteiger charge is -2.21. The van der Waals surface area contributed by atoms with E-state index in [1.807, 2.05) is 54.3 Å². The molecule has 4 heteroatoms. The summed E-state index contributed by atoms with van der Waals surface area (Å²) in [5.41, 5.74) is 5.28. The van der Waals surface area contributed by atoms with E-state index in [-0.39, 0.29) is 11.8 Å². The number of carbonyl (C=O) groups is 2. The van der Waals surface area contributed by atoms with Gasteiger partial charge < -0.3 is 4.90 Å². The molecule has 0 N–H and O–H groups in total. The quantitative estimate of drug-likeness (QED) is 0.759. The Labute approximate surface area is 160 Å². The molecule has 2 aliphatic heterocycles. The van der Waals surface area contributed by atoms with Crippen LogP contribution in [0.4, 0.5) is 5.69 Å². The van der Waals surface area contributed by atoms with E-state index in [1.165, 1.54) is 10.5 Å². The van der Waals surface area contributed by atoms with Gasteiger partial charge in [-0.05, 0) is 37.0 Å². The predicted molar refractivity (Wildman–Crippen MR) is 107 cm³/mol. The Balaban J connectivity index is 1.83. The summed E-state index contributed by atoms with van der Waals surface area (Å²) in [5.74, 6) is -0.336. The number of fused-ring (bicyclic) bond motifs is 1. The summed E-state index contributed by atoms with van der Waals surface area (Å²) in [5, 5.41) is 0. The highest BCUT2D eigenvalue weighted by Gasteiger charge is 2.42. The van der Waals surface area contributed by atoms with Crippen molar-refractivity contribution in [2.24, 2.45) is 0 Å². The number of carbonyl (C=O) groups excluding carboxylic acids is 2. The number of rotatable bonds is 5. The Morgan fingerprint density at radius 1 is 0.963 bits per heavy atom. The summed E-state index contributed by atoms with van der Waals surface area (Å²) in [6.45, 7) is 5.29. The molecular formula is C23H24N2O2. The third-order valence-electron chi connectivity index (χ3n) is 5.38. The van der Waals surface area contributed by atoms with E-state index in [4.69, 9.17) is 0 Å². The van der Waals surface area contributed by atoms with Gasteiger partial charge in [-0.1, -0.05) is 61.4 Å². The van der Waals surface area contributed by atoms with E-state index in [1.54, 1.807) is 0 Å². The van der Waals surface area contributed by atoms with Crippen LogP contribution in [0.5, 0.6) is 0 Å². The van der Waals surface area contributed by atoms with Crippen molar-refractivity contribution in [3.63, 3.8) is 0 Å². The molecule has 0 fully saturated rings. The fourth-order valence-corrected chi connectivity index (χ4v) is 3.88. The Morgan fingerprint density at radius 2 is 1.70 bits per heavy atom. The largest absolute Gasteiger partial charge is 0.336 e. The Kier molecular flexibility index (Phi) is 4.56. The van der Waals surface area contributed by atoms with Gasteiger partial charge in [0.15, 0.2) is 0 Å².